The second kappa shape index (κ2) is 7.22. The summed E-state index contributed by atoms with van der Waals surface area (Å²) in [6, 6.07) is 14.1. The number of piperidine rings is 1. The zero-order chi connectivity index (χ0) is 21.7. The zero-order valence-corrected chi connectivity index (χ0v) is 18.5. The van der Waals surface area contributed by atoms with Crippen molar-refractivity contribution in [1.82, 2.24) is 4.31 Å². The van der Waals surface area contributed by atoms with Crippen LogP contribution in [-0.4, -0.2) is 36.9 Å². The summed E-state index contributed by atoms with van der Waals surface area (Å²) in [6.07, 6.45) is 3.30. The molecule has 0 radical (unpaired) electrons. The molecule has 2 aromatic rings. The number of aliphatic carboxylic acids is 1. The molecule has 0 unspecified atom stereocenters. The molecule has 0 bridgehead atoms. The lowest BCUT2D eigenvalue weighted by molar-refractivity contribution is -0.143. The molecule has 4 rings (SSSR count). The average molecular weight is 446 g/mol. The topological polar surface area (TPSA) is 74.7 Å². The van der Waals surface area contributed by atoms with Gasteiger partial charge in [-0.1, -0.05) is 41.9 Å². The molecule has 1 aliphatic heterocycles. The van der Waals surface area contributed by atoms with E-state index in [1.807, 2.05) is 24.3 Å². The van der Waals surface area contributed by atoms with Crippen molar-refractivity contribution >= 4 is 33.2 Å². The molecule has 0 amide bonds. The third-order valence-electron chi connectivity index (χ3n) is 6.45. The summed E-state index contributed by atoms with van der Waals surface area (Å²) in [6.45, 7) is 4.18. The Morgan fingerprint density at radius 3 is 2.27 bits per heavy atom. The number of fused-ring (bicyclic) bond motifs is 2. The van der Waals surface area contributed by atoms with Crippen LogP contribution in [0, 0.1) is 5.41 Å². The lowest BCUT2D eigenvalue weighted by Crippen LogP contribution is -2.43. The largest absolute Gasteiger partial charge is 0.481 e. The molecule has 2 aliphatic rings. The Bertz CT molecular complexity index is 1130. The number of benzene rings is 2. The number of rotatable bonds is 4. The van der Waals surface area contributed by atoms with E-state index < -0.39 is 21.4 Å². The Morgan fingerprint density at radius 2 is 1.67 bits per heavy atom. The Balaban J connectivity index is 1.66. The van der Waals surface area contributed by atoms with Crippen LogP contribution in [0.15, 0.2) is 59.5 Å². The van der Waals surface area contributed by atoms with E-state index in [1.54, 1.807) is 26.0 Å². The van der Waals surface area contributed by atoms with E-state index >= 15 is 0 Å². The Hall–Kier alpha value is -2.15. The number of hydrogen-bond donors (Lipinski definition) is 1. The first-order valence-corrected chi connectivity index (χ1v) is 11.7. The maximum absolute atomic E-state index is 13.1. The third-order valence-corrected chi connectivity index (χ3v) is 8.61. The zero-order valence-electron chi connectivity index (χ0n) is 16.9. The van der Waals surface area contributed by atoms with Crippen LogP contribution in [0.5, 0.6) is 0 Å². The fourth-order valence-electron chi connectivity index (χ4n) is 4.51. The molecule has 30 heavy (non-hydrogen) atoms. The molecule has 5 nitrogen and oxygen atoms in total. The molecule has 0 atom stereocenters. The van der Waals surface area contributed by atoms with Crippen LogP contribution in [0.3, 0.4) is 0 Å². The molecule has 1 heterocycles. The van der Waals surface area contributed by atoms with Crippen LogP contribution in [0.2, 0.25) is 5.02 Å². The van der Waals surface area contributed by atoms with Crippen LogP contribution < -0.4 is 0 Å². The van der Waals surface area contributed by atoms with Crippen LogP contribution in [0.25, 0.3) is 5.57 Å². The average Bonchev–Trinajstić information content (AvgIpc) is 3.04. The van der Waals surface area contributed by atoms with Crippen molar-refractivity contribution in [3.05, 3.63) is 70.8 Å². The first kappa shape index (κ1) is 21.1. The quantitative estimate of drug-likeness (QED) is 0.747. The SMILES string of the molecule is CC(C)(C(=O)O)C1=CC2(CCN(S(=O)(=O)c3ccc(Cl)cc3)CC2)c2ccccc21. The molecule has 7 heteroatoms. The summed E-state index contributed by atoms with van der Waals surface area (Å²) in [5, 5.41) is 10.3. The number of carboxylic acid groups (broad SMARTS) is 1. The summed E-state index contributed by atoms with van der Waals surface area (Å²) >= 11 is 5.89. The minimum Gasteiger partial charge on any atom is -0.481 e. The molecule has 158 valence electrons. The standard InChI is InChI=1S/C23H24ClNO4S/c1-22(2,21(26)27)20-15-23(19-6-4-3-5-18(19)20)11-13-25(14-12-23)30(28,29)17-9-7-16(24)8-10-17/h3-10,15H,11-14H2,1-2H3,(H,26,27). The molecule has 0 saturated carbocycles. The van der Waals surface area contributed by atoms with Gasteiger partial charge in [0.15, 0.2) is 0 Å². The second-order valence-corrected chi connectivity index (χ2v) is 10.9. The highest BCUT2D eigenvalue weighted by molar-refractivity contribution is 7.89. The van der Waals surface area contributed by atoms with Crippen LogP contribution in [0.4, 0.5) is 0 Å². The van der Waals surface area contributed by atoms with Gasteiger partial charge in [0.05, 0.1) is 10.3 Å². The van der Waals surface area contributed by atoms with E-state index in [9.17, 15) is 18.3 Å². The number of carbonyl (C=O) groups is 1. The van der Waals surface area contributed by atoms with Crippen LogP contribution in [0.1, 0.15) is 37.8 Å². The van der Waals surface area contributed by atoms with Gasteiger partial charge in [-0.3, -0.25) is 4.79 Å². The second-order valence-electron chi connectivity index (χ2n) is 8.55. The lowest BCUT2D eigenvalue weighted by Gasteiger charge is -2.38. The maximum Gasteiger partial charge on any atom is 0.313 e. The van der Waals surface area contributed by atoms with E-state index in [1.165, 1.54) is 16.4 Å². The lowest BCUT2D eigenvalue weighted by atomic mass is 9.75. The monoisotopic (exact) mass is 445 g/mol. The summed E-state index contributed by atoms with van der Waals surface area (Å²) in [5.41, 5.74) is 1.49. The van der Waals surface area contributed by atoms with E-state index in [2.05, 4.69) is 6.08 Å². The van der Waals surface area contributed by atoms with Crippen molar-refractivity contribution in [3.8, 4) is 0 Å². The number of hydrogen-bond acceptors (Lipinski definition) is 3. The van der Waals surface area contributed by atoms with Crippen LogP contribution in [-0.2, 0) is 20.2 Å². The number of allylic oxidation sites excluding steroid dienone is 1. The molecule has 0 aromatic heterocycles. The normalized spacial score (nSPS) is 18.8. The van der Waals surface area contributed by atoms with Gasteiger partial charge in [-0.05, 0) is 67.7 Å². The van der Waals surface area contributed by atoms with Gasteiger partial charge in [0.25, 0.3) is 0 Å². The number of carboxylic acids is 1. The Labute approximate surface area is 182 Å². The number of sulfonamides is 1. The van der Waals surface area contributed by atoms with Crippen molar-refractivity contribution in [2.45, 2.75) is 37.0 Å². The molecular formula is C23H24ClNO4S. The van der Waals surface area contributed by atoms with Crippen molar-refractivity contribution in [1.29, 1.82) is 0 Å². The van der Waals surface area contributed by atoms with Crippen molar-refractivity contribution in [3.63, 3.8) is 0 Å². The molecule has 1 fully saturated rings. The van der Waals surface area contributed by atoms with Gasteiger partial charge >= 0.3 is 5.97 Å². The van der Waals surface area contributed by atoms with Crippen molar-refractivity contribution in [2.75, 3.05) is 13.1 Å². The first-order chi connectivity index (χ1) is 14.1. The van der Waals surface area contributed by atoms with E-state index in [0.29, 0.717) is 31.0 Å². The van der Waals surface area contributed by atoms with Gasteiger partial charge in [0.1, 0.15) is 0 Å². The number of nitrogens with zero attached hydrogens (tertiary/aromatic N) is 1. The van der Waals surface area contributed by atoms with Gasteiger partial charge in [-0.15, -0.1) is 0 Å². The third kappa shape index (κ3) is 3.27. The number of halogens is 1. The van der Waals surface area contributed by atoms with Crippen molar-refractivity contribution < 1.29 is 18.3 Å². The molecule has 1 spiro atoms. The minimum atomic E-state index is -3.60. The van der Waals surface area contributed by atoms with Gasteiger partial charge in [-0.25, -0.2) is 8.42 Å². The van der Waals surface area contributed by atoms with E-state index in [-0.39, 0.29) is 10.3 Å². The molecule has 1 saturated heterocycles. The summed E-state index contributed by atoms with van der Waals surface area (Å²) in [4.78, 5) is 12.1. The van der Waals surface area contributed by atoms with Gasteiger partial charge in [0, 0.05) is 23.5 Å². The predicted octanol–water partition coefficient (Wildman–Crippen LogP) is 4.57. The van der Waals surface area contributed by atoms with Gasteiger partial charge in [0.2, 0.25) is 10.0 Å². The van der Waals surface area contributed by atoms with E-state index in [0.717, 1.165) is 16.7 Å². The molecule has 1 aliphatic carbocycles. The van der Waals surface area contributed by atoms with E-state index in [4.69, 9.17) is 11.6 Å². The predicted molar refractivity (Wildman–Crippen MR) is 117 cm³/mol. The Kier molecular flexibility index (Phi) is 5.08. The smallest absolute Gasteiger partial charge is 0.313 e. The van der Waals surface area contributed by atoms with Crippen LogP contribution >= 0.6 is 11.6 Å². The van der Waals surface area contributed by atoms with Gasteiger partial charge in [-0.2, -0.15) is 4.31 Å². The molecule has 2 aromatic carbocycles. The van der Waals surface area contributed by atoms with Gasteiger partial charge < -0.3 is 5.11 Å². The highest BCUT2D eigenvalue weighted by Gasteiger charge is 2.47. The highest BCUT2D eigenvalue weighted by Crippen LogP contribution is 2.52. The summed E-state index contributed by atoms with van der Waals surface area (Å²) < 4.78 is 27.6. The molecular weight excluding hydrogens is 422 g/mol. The highest BCUT2D eigenvalue weighted by atomic mass is 35.5. The summed E-state index contributed by atoms with van der Waals surface area (Å²) in [7, 11) is -3.60. The fourth-order valence-corrected chi connectivity index (χ4v) is 6.08. The maximum atomic E-state index is 13.1. The summed E-state index contributed by atoms with van der Waals surface area (Å²) in [5.74, 6) is -0.872. The fraction of sp³-hybridized carbons (Fsp3) is 0.348. The Morgan fingerprint density at radius 1 is 1.07 bits per heavy atom. The minimum absolute atomic E-state index is 0.234. The molecule has 1 N–H and O–H groups in total. The van der Waals surface area contributed by atoms with Crippen molar-refractivity contribution in [2.24, 2.45) is 5.41 Å². The first-order valence-electron chi connectivity index (χ1n) is 9.90.